The summed E-state index contributed by atoms with van der Waals surface area (Å²) in [7, 11) is 3.08. The van der Waals surface area contributed by atoms with E-state index in [9.17, 15) is 9.59 Å². The molecule has 0 fully saturated rings. The molecule has 2 atom stereocenters. The second-order valence-corrected chi connectivity index (χ2v) is 9.07. The van der Waals surface area contributed by atoms with E-state index in [1.165, 1.54) is 7.11 Å². The van der Waals surface area contributed by atoms with Crippen LogP contribution in [0.15, 0.2) is 54.6 Å². The van der Waals surface area contributed by atoms with Gasteiger partial charge in [0.15, 0.2) is 23.0 Å². The number of nitrogens with zero attached hydrogens (tertiary/aromatic N) is 1. The van der Waals surface area contributed by atoms with E-state index in [-0.39, 0.29) is 18.6 Å². The minimum absolute atomic E-state index is 0.106. The van der Waals surface area contributed by atoms with Crippen molar-refractivity contribution in [3.05, 3.63) is 82.4 Å². The molecule has 0 unspecified atom stereocenters. The van der Waals surface area contributed by atoms with Crippen LogP contribution in [0.1, 0.15) is 44.6 Å². The summed E-state index contributed by atoms with van der Waals surface area (Å²) < 4.78 is 21.9. The molecule has 6 rings (SSSR count). The van der Waals surface area contributed by atoms with Gasteiger partial charge in [0.05, 0.1) is 26.2 Å². The maximum atomic E-state index is 13.9. The van der Waals surface area contributed by atoms with Crippen LogP contribution in [0.3, 0.4) is 0 Å². The molecule has 0 saturated carbocycles. The van der Waals surface area contributed by atoms with Crippen molar-refractivity contribution in [2.75, 3.05) is 27.6 Å². The van der Waals surface area contributed by atoms with Crippen LogP contribution in [0.25, 0.3) is 0 Å². The van der Waals surface area contributed by atoms with E-state index in [2.05, 4.69) is 11.4 Å². The fraction of sp³-hybridized carbons (Fsp3) is 0.286. The maximum absolute atomic E-state index is 13.9. The lowest BCUT2D eigenvalue weighted by Crippen LogP contribution is -2.50. The maximum Gasteiger partial charge on any atom is 0.254 e. The van der Waals surface area contributed by atoms with Crippen LogP contribution in [0.2, 0.25) is 0 Å². The molecule has 36 heavy (non-hydrogen) atoms. The Morgan fingerprint density at radius 3 is 2.61 bits per heavy atom. The molecule has 3 aromatic rings. The van der Waals surface area contributed by atoms with Gasteiger partial charge in [0, 0.05) is 18.7 Å². The number of nitrogens with one attached hydrogen (secondary N) is 1. The first-order valence-corrected chi connectivity index (χ1v) is 11.9. The predicted octanol–water partition coefficient (Wildman–Crippen LogP) is 3.59. The molecule has 3 aliphatic heterocycles. The smallest absolute Gasteiger partial charge is 0.254 e. The Labute approximate surface area is 208 Å². The number of benzene rings is 3. The van der Waals surface area contributed by atoms with Crippen molar-refractivity contribution >= 4 is 11.8 Å². The molecular weight excluding hydrogens is 460 g/mol. The Morgan fingerprint density at radius 2 is 1.78 bits per heavy atom. The minimum Gasteiger partial charge on any atom is -0.493 e. The van der Waals surface area contributed by atoms with Crippen LogP contribution in [0.4, 0.5) is 0 Å². The summed E-state index contributed by atoms with van der Waals surface area (Å²) in [4.78, 5) is 29.4. The quantitative estimate of drug-likeness (QED) is 0.593. The highest BCUT2D eigenvalue weighted by molar-refractivity contribution is 6.02. The average molecular weight is 487 g/mol. The number of carbonyl (C=O) groups is 2. The van der Waals surface area contributed by atoms with Gasteiger partial charge in [0.2, 0.25) is 12.7 Å². The molecular formula is C28H26N2O6. The largest absolute Gasteiger partial charge is 0.493 e. The van der Waals surface area contributed by atoms with Crippen LogP contribution in [0.5, 0.6) is 23.0 Å². The van der Waals surface area contributed by atoms with Gasteiger partial charge in [-0.05, 0) is 52.9 Å². The van der Waals surface area contributed by atoms with Crippen LogP contribution in [0, 0.1) is 0 Å². The fourth-order valence-corrected chi connectivity index (χ4v) is 5.48. The number of rotatable bonds is 5. The molecule has 0 spiro atoms. The molecule has 3 aromatic carbocycles. The molecule has 8 heteroatoms. The van der Waals surface area contributed by atoms with Crippen LogP contribution in [-0.4, -0.2) is 44.3 Å². The first kappa shape index (κ1) is 22.3. The second-order valence-electron chi connectivity index (χ2n) is 9.07. The summed E-state index contributed by atoms with van der Waals surface area (Å²) in [6, 6.07) is 16.7. The zero-order valence-corrected chi connectivity index (χ0v) is 20.1. The highest BCUT2D eigenvalue weighted by atomic mass is 16.7. The van der Waals surface area contributed by atoms with E-state index in [0.29, 0.717) is 47.2 Å². The first-order chi connectivity index (χ1) is 17.6. The molecule has 8 nitrogen and oxygen atoms in total. The van der Waals surface area contributed by atoms with E-state index in [1.54, 1.807) is 19.2 Å². The van der Waals surface area contributed by atoms with Gasteiger partial charge in [-0.15, -0.1) is 0 Å². The highest BCUT2D eigenvalue weighted by Crippen LogP contribution is 2.48. The summed E-state index contributed by atoms with van der Waals surface area (Å²) >= 11 is 0. The van der Waals surface area contributed by atoms with Crippen LogP contribution in [-0.2, 0) is 17.8 Å². The number of hydrogen-bond donors (Lipinski definition) is 1. The molecule has 0 saturated heterocycles. The SMILES string of the molecule is COc1cc2c(cc1OC)[C@H](C(=O)NCc1ccc3c(c1)OCO3)[C@H]1c3ccccc3CCN1C2=O. The van der Waals surface area contributed by atoms with Gasteiger partial charge in [-0.1, -0.05) is 30.3 Å². The van der Waals surface area contributed by atoms with Gasteiger partial charge in [-0.2, -0.15) is 0 Å². The third-order valence-corrected chi connectivity index (χ3v) is 7.22. The van der Waals surface area contributed by atoms with Gasteiger partial charge in [-0.25, -0.2) is 0 Å². The first-order valence-electron chi connectivity index (χ1n) is 11.9. The molecule has 3 aliphatic rings. The number of amides is 2. The lowest BCUT2D eigenvalue weighted by Gasteiger charge is -2.45. The Kier molecular flexibility index (Phi) is 5.44. The predicted molar refractivity (Wildman–Crippen MR) is 131 cm³/mol. The van der Waals surface area contributed by atoms with E-state index in [4.69, 9.17) is 18.9 Å². The third kappa shape index (κ3) is 3.52. The van der Waals surface area contributed by atoms with E-state index in [0.717, 1.165) is 23.1 Å². The van der Waals surface area contributed by atoms with E-state index in [1.807, 2.05) is 41.3 Å². The van der Waals surface area contributed by atoms with Gasteiger partial charge in [0.25, 0.3) is 5.91 Å². The van der Waals surface area contributed by atoms with Crippen LogP contribution >= 0.6 is 0 Å². The van der Waals surface area contributed by atoms with Gasteiger partial charge in [-0.3, -0.25) is 9.59 Å². The monoisotopic (exact) mass is 486 g/mol. The standard InChI is InChI=1S/C28H26N2O6/c1-33-22-12-19-20(13-23(22)34-2)28(32)30-10-9-17-5-3-4-6-18(17)26(30)25(19)27(31)29-14-16-7-8-21-24(11-16)36-15-35-21/h3-8,11-13,25-26H,9-10,14-15H2,1-2H3,(H,29,31)/t25-,26+/m0/s1. The summed E-state index contributed by atoms with van der Waals surface area (Å²) in [5, 5.41) is 3.10. The summed E-state index contributed by atoms with van der Waals surface area (Å²) in [6.45, 7) is 1.05. The molecule has 1 N–H and O–H groups in total. The molecule has 3 heterocycles. The number of carbonyl (C=O) groups excluding carboxylic acids is 2. The number of methoxy groups -OCH3 is 2. The molecule has 184 valence electrons. The zero-order valence-electron chi connectivity index (χ0n) is 20.1. The zero-order chi connectivity index (χ0) is 24.8. The minimum atomic E-state index is -0.618. The summed E-state index contributed by atoms with van der Waals surface area (Å²) in [6.07, 6.45) is 0.743. The van der Waals surface area contributed by atoms with Crippen molar-refractivity contribution in [1.29, 1.82) is 0 Å². The van der Waals surface area contributed by atoms with Gasteiger partial charge >= 0.3 is 0 Å². The van der Waals surface area contributed by atoms with Crippen molar-refractivity contribution in [2.45, 2.75) is 24.9 Å². The Balaban J connectivity index is 1.41. The normalized spacial score (nSPS) is 19.2. The summed E-state index contributed by atoms with van der Waals surface area (Å²) in [5.74, 6) is 1.41. The fourth-order valence-electron chi connectivity index (χ4n) is 5.48. The van der Waals surface area contributed by atoms with E-state index < -0.39 is 12.0 Å². The van der Waals surface area contributed by atoms with E-state index >= 15 is 0 Å². The highest BCUT2D eigenvalue weighted by Gasteiger charge is 2.46. The van der Waals surface area contributed by atoms with Crippen molar-refractivity contribution < 1.29 is 28.5 Å². The number of ether oxygens (including phenoxy) is 4. The lowest BCUT2D eigenvalue weighted by molar-refractivity contribution is -0.124. The molecule has 0 bridgehead atoms. The summed E-state index contributed by atoms with van der Waals surface area (Å²) in [5.41, 5.74) is 4.16. The number of hydrogen-bond acceptors (Lipinski definition) is 6. The Bertz CT molecular complexity index is 1370. The lowest BCUT2D eigenvalue weighted by atomic mass is 9.75. The molecule has 0 radical (unpaired) electrons. The van der Waals surface area contributed by atoms with Crippen LogP contribution < -0.4 is 24.3 Å². The number of fused-ring (bicyclic) bond motifs is 5. The Hall–Kier alpha value is -4.20. The van der Waals surface area contributed by atoms with Gasteiger partial charge in [0.1, 0.15) is 0 Å². The van der Waals surface area contributed by atoms with Crippen molar-refractivity contribution in [3.8, 4) is 23.0 Å². The van der Waals surface area contributed by atoms with Crippen molar-refractivity contribution in [3.63, 3.8) is 0 Å². The third-order valence-electron chi connectivity index (χ3n) is 7.22. The second kappa shape index (κ2) is 8.78. The Morgan fingerprint density at radius 1 is 1.00 bits per heavy atom. The topological polar surface area (TPSA) is 86.3 Å². The van der Waals surface area contributed by atoms with Gasteiger partial charge < -0.3 is 29.2 Å². The van der Waals surface area contributed by atoms with Crippen molar-refractivity contribution in [2.24, 2.45) is 0 Å². The molecule has 0 aliphatic carbocycles. The molecule has 2 amide bonds. The molecule has 0 aromatic heterocycles. The average Bonchev–Trinajstić information content (AvgIpc) is 3.39. The van der Waals surface area contributed by atoms with Crippen molar-refractivity contribution in [1.82, 2.24) is 10.2 Å².